The third kappa shape index (κ3) is 4.83. The second-order valence-electron chi connectivity index (χ2n) is 9.07. The molecule has 2 fully saturated rings. The molecular weight excluding hydrogens is 462 g/mol. The smallest absolute Gasteiger partial charge is 0.434 e. The largest absolute Gasteiger partial charge is 0.514 e. The summed E-state index contributed by atoms with van der Waals surface area (Å²) < 4.78 is 11.8. The highest BCUT2D eigenvalue weighted by Crippen LogP contribution is 2.33. The predicted octanol–water partition coefficient (Wildman–Crippen LogP) is 3.30. The van der Waals surface area contributed by atoms with Crippen LogP contribution in [0.25, 0.3) is 11.2 Å². The van der Waals surface area contributed by atoms with Crippen molar-refractivity contribution in [3.63, 3.8) is 0 Å². The van der Waals surface area contributed by atoms with Crippen LogP contribution in [-0.4, -0.2) is 58.7 Å². The van der Waals surface area contributed by atoms with Crippen molar-refractivity contribution < 1.29 is 14.3 Å². The highest BCUT2D eigenvalue weighted by Gasteiger charge is 2.27. The summed E-state index contributed by atoms with van der Waals surface area (Å²) in [6.45, 7) is 7.41. The van der Waals surface area contributed by atoms with Crippen LogP contribution in [0, 0.1) is 6.92 Å². The Bertz CT molecular complexity index is 1300. The number of ether oxygens (including phenoxy) is 2. The average molecular weight is 494 g/mol. The molecule has 36 heavy (non-hydrogen) atoms. The van der Waals surface area contributed by atoms with Gasteiger partial charge in [0.25, 0.3) is 5.56 Å². The molecule has 1 saturated heterocycles. The van der Waals surface area contributed by atoms with E-state index in [1.165, 1.54) is 5.69 Å². The van der Waals surface area contributed by atoms with Gasteiger partial charge in [0.1, 0.15) is 5.52 Å². The maximum Gasteiger partial charge on any atom is 0.514 e. The fraction of sp³-hybridized carbons (Fsp3) is 0.480. The minimum atomic E-state index is -0.918. The number of hydrogen-bond acceptors (Lipinski definition) is 10. The molecule has 2 N–H and O–H groups in total. The first kappa shape index (κ1) is 24.0. The van der Waals surface area contributed by atoms with Gasteiger partial charge in [-0.3, -0.25) is 9.36 Å². The van der Waals surface area contributed by atoms with Crippen LogP contribution in [0.4, 0.5) is 22.1 Å². The molecule has 3 aromatic rings. The predicted molar refractivity (Wildman–Crippen MR) is 136 cm³/mol. The van der Waals surface area contributed by atoms with E-state index in [1.807, 2.05) is 12.1 Å². The molecular formula is C25H31N7O4. The standard InChI is InChI=1S/C25H31N7O4/c1-3-35-25(34)36-21-16(2)20-22(32(23(21)33)19-6-4-5-7-19)28-24(30-29-20)27-17-8-10-18(11-9-17)31-14-12-26-13-15-31/h8-11,19,26H,3-7,12-15H2,1-2H3,(H,27,28,30). The highest BCUT2D eigenvalue weighted by molar-refractivity contribution is 5.79. The number of carbonyl (C=O) groups is 1. The fourth-order valence-corrected chi connectivity index (χ4v) is 4.91. The van der Waals surface area contributed by atoms with Crippen molar-refractivity contribution in [3.05, 3.63) is 40.2 Å². The van der Waals surface area contributed by atoms with Crippen LogP contribution in [0.2, 0.25) is 0 Å². The van der Waals surface area contributed by atoms with Crippen LogP contribution in [0.1, 0.15) is 44.2 Å². The molecule has 3 heterocycles. The molecule has 0 bridgehead atoms. The second kappa shape index (κ2) is 10.5. The summed E-state index contributed by atoms with van der Waals surface area (Å²) in [6.07, 6.45) is 2.81. The number of fused-ring (bicyclic) bond motifs is 1. The number of rotatable bonds is 6. The minimum absolute atomic E-state index is 0.0481. The molecule has 190 valence electrons. The van der Waals surface area contributed by atoms with Gasteiger partial charge >= 0.3 is 6.16 Å². The zero-order chi connectivity index (χ0) is 25.1. The summed E-state index contributed by atoms with van der Waals surface area (Å²) in [5.74, 6) is 0.204. The average Bonchev–Trinajstić information content (AvgIpc) is 3.42. The van der Waals surface area contributed by atoms with Crippen LogP contribution in [0.5, 0.6) is 5.75 Å². The molecule has 0 unspecified atom stereocenters. The van der Waals surface area contributed by atoms with E-state index in [1.54, 1.807) is 18.4 Å². The molecule has 5 rings (SSSR count). The lowest BCUT2D eigenvalue weighted by Gasteiger charge is -2.29. The number of nitrogens with one attached hydrogen (secondary N) is 2. The summed E-state index contributed by atoms with van der Waals surface area (Å²) in [7, 11) is 0. The molecule has 0 spiro atoms. The third-order valence-electron chi connectivity index (χ3n) is 6.75. The molecule has 0 radical (unpaired) electrons. The molecule has 2 aliphatic rings. The lowest BCUT2D eigenvalue weighted by atomic mass is 10.2. The van der Waals surface area contributed by atoms with Gasteiger partial charge in [-0.25, -0.2) is 4.79 Å². The van der Waals surface area contributed by atoms with E-state index in [9.17, 15) is 9.59 Å². The van der Waals surface area contributed by atoms with E-state index >= 15 is 0 Å². The summed E-state index contributed by atoms with van der Waals surface area (Å²) in [6, 6.07) is 8.06. The summed E-state index contributed by atoms with van der Waals surface area (Å²) >= 11 is 0. The van der Waals surface area contributed by atoms with Gasteiger partial charge in [-0.2, -0.15) is 4.98 Å². The quantitative estimate of drug-likeness (QED) is 0.494. The van der Waals surface area contributed by atoms with Gasteiger partial charge in [-0.15, -0.1) is 10.2 Å². The lowest BCUT2D eigenvalue weighted by Crippen LogP contribution is -2.43. The fourth-order valence-electron chi connectivity index (χ4n) is 4.91. The van der Waals surface area contributed by atoms with Crippen molar-refractivity contribution in [1.82, 2.24) is 25.1 Å². The SMILES string of the molecule is CCOC(=O)Oc1c(C)c2nnc(Nc3ccc(N4CCNCC4)cc3)nc2n(C2CCCC2)c1=O. The first-order valence-electron chi connectivity index (χ1n) is 12.5. The molecule has 1 aliphatic carbocycles. The lowest BCUT2D eigenvalue weighted by molar-refractivity contribution is 0.103. The minimum Gasteiger partial charge on any atom is -0.434 e. The van der Waals surface area contributed by atoms with E-state index < -0.39 is 11.7 Å². The summed E-state index contributed by atoms with van der Waals surface area (Å²) in [5, 5.41) is 15.2. The number of piperazine rings is 1. The molecule has 11 nitrogen and oxygen atoms in total. The van der Waals surface area contributed by atoms with E-state index in [4.69, 9.17) is 14.5 Å². The van der Waals surface area contributed by atoms with Crippen molar-refractivity contribution in [2.45, 2.75) is 45.6 Å². The number of nitrogens with zero attached hydrogens (tertiary/aromatic N) is 5. The van der Waals surface area contributed by atoms with Crippen molar-refractivity contribution in [3.8, 4) is 5.75 Å². The van der Waals surface area contributed by atoms with Crippen LogP contribution in [-0.2, 0) is 4.74 Å². The first-order valence-corrected chi connectivity index (χ1v) is 12.5. The maximum atomic E-state index is 13.5. The van der Waals surface area contributed by atoms with Gasteiger partial charge < -0.3 is 25.0 Å². The number of aryl methyl sites for hydroxylation is 1. The zero-order valence-electron chi connectivity index (χ0n) is 20.6. The Balaban J connectivity index is 1.49. The van der Waals surface area contributed by atoms with Crippen molar-refractivity contribution in [2.24, 2.45) is 0 Å². The van der Waals surface area contributed by atoms with Gasteiger partial charge in [0.15, 0.2) is 5.65 Å². The van der Waals surface area contributed by atoms with Crippen molar-refractivity contribution in [2.75, 3.05) is 43.0 Å². The normalized spacial score (nSPS) is 16.3. The van der Waals surface area contributed by atoms with Crippen LogP contribution < -0.4 is 25.8 Å². The summed E-state index contributed by atoms with van der Waals surface area (Å²) in [4.78, 5) is 32.5. The van der Waals surface area contributed by atoms with Crippen molar-refractivity contribution >= 4 is 34.6 Å². The molecule has 0 atom stereocenters. The first-order chi connectivity index (χ1) is 17.5. The van der Waals surface area contributed by atoms with Crippen molar-refractivity contribution in [1.29, 1.82) is 0 Å². The number of hydrogen-bond donors (Lipinski definition) is 2. The molecule has 1 aromatic carbocycles. The van der Waals surface area contributed by atoms with E-state index in [0.717, 1.165) is 57.5 Å². The maximum absolute atomic E-state index is 13.5. The number of aromatic nitrogens is 4. The zero-order valence-corrected chi connectivity index (χ0v) is 20.6. The number of carbonyl (C=O) groups excluding carboxylic acids is 1. The topological polar surface area (TPSA) is 124 Å². The van der Waals surface area contributed by atoms with Gasteiger partial charge in [0.2, 0.25) is 11.7 Å². The van der Waals surface area contributed by atoms with Gasteiger partial charge in [-0.1, -0.05) is 12.8 Å². The van der Waals surface area contributed by atoms with Gasteiger partial charge in [0.05, 0.1) is 6.61 Å². The highest BCUT2D eigenvalue weighted by atomic mass is 16.7. The number of pyridine rings is 1. The molecule has 2 aromatic heterocycles. The Morgan fingerprint density at radius 2 is 1.86 bits per heavy atom. The Morgan fingerprint density at radius 1 is 1.14 bits per heavy atom. The third-order valence-corrected chi connectivity index (χ3v) is 6.75. The van der Waals surface area contributed by atoms with Crippen LogP contribution >= 0.6 is 0 Å². The van der Waals surface area contributed by atoms with E-state index in [0.29, 0.717) is 22.7 Å². The number of anilines is 3. The van der Waals surface area contributed by atoms with E-state index in [-0.39, 0.29) is 18.4 Å². The monoisotopic (exact) mass is 493 g/mol. The molecule has 0 amide bonds. The van der Waals surface area contributed by atoms with Crippen LogP contribution in [0.15, 0.2) is 29.1 Å². The molecule has 1 aliphatic heterocycles. The Hall–Kier alpha value is -3.73. The Morgan fingerprint density at radius 3 is 2.56 bits per heavy atom. The second-order valence-corrected chi connectivity index (χ2v) is 9.07. The van der Waals surface area contributed by atoms with E-state index in [2.05, 4.69) is 37.9 Å². The number of benzene rings is 1. The Kier molecular flexibility index (Phi) is 6.99. The van der Waals surface area contributed by atoms with Crippen LogP contribution in [0.3, 0.4) is 0 Å². The molecule has 11 heteroatoms. The summed E-state index contributed by atoms with van der Waals surface area (Å²) in [5.41, 5.74) is 2.83. The Labute approximate surface area is 208 Å². The van der Waals surface area contributed by atoms with Gasteiger partial charge in [0, 0.05) is 49.2 Å². The molecule has 1 saturated carbocycles. The van der Waals surface area contributed by atoms with Gasteiger partial charge in [-0.05, 0) is 51.0 Å².